The van der Waals surface area contributed by atoms with Crippen LogP contribution in [0.15, 0.2) is 200 Å². The number of hydrogen-bond acceptors (Lipinski definition) is 1. The third-order valence-corrected chi connectivity index (χ3v) is 9.63. The van der Waals surface area contributed by atoms with Crippen LogP contribution in [0.5, 0.6) is 0 Å². The summed E-state index contributed by atoms with van der Waals surface area (Å²) in [5.41, 5.74) is 10.6. The Morgan fingerprint density at radius 3 is 1.37 bits per heavy atom. The second kappa shape index (κ2) is 12.3. The van der Waals surface area contributed by atoms with Crippen molar-refractivity contribution in [2.45, 2.75) is 0 Å². The maximum absolute atomic E-state index is 2.33. The Labute approximate surface area is 287 Å². The molecule has 1 nitrogen and oxygen atoms in total. The van der Waals surface area contributed by atoms with Gasteiger partial charge in [-0.15, -0.1) is 0 Å². The van der Waals surface area contributed by atoms with Crippen molar-refractivity contribution in [2.75, 3.05) is 4.90 Å². The Morgan fingerprint density at radius 2 is 0.694 bits per heavy atom. The summed E-state index contributed by atoms with van der Waals surface area (Å²) < 4.78 is 0. The van der Waals surface area contributed by atoms with Crippen LogP contribution in [0.25, 0.3) is 65.7 Å². The van der Waals surface area contributed by atoms with E-state index in [0.717, 1.165) is 17.1 Å². The Balaban J connectivity index is 1.05. The van der Waals surface area contributed by atoms with Gasteiger partial charge < -0.3 is 4.90 Å². The van der Waals surface area contributed by atoms with Gasteiger partial charge in [0, 0.05) is 17.1 Å². The lowest BCUT2D eigenvalue weighted by Crippen LogP contribution is -2.09. The number of fused-ring (bicyclic) bond motifs is 5. The minimum atomic E-state index is 1.12. The van der Waals surface area contributed by atoms with E-state index in [-0.39, 0.29) is 0 Å². The lowest BCUT2D eigenvalue weighted by molar-refractivity contribution is 1.28. The van der Waals surface area contributed by atoms with Crippen LogP contribution in [-0.4, -0.2) is 0 Å². The molecule has 230 valence electrons. The summed E-state index contributed by atoms with van der Waals surface area (Å²) in [5.74, 6) is 0. The lowest BCUT2D eigenvalue weighted by atomic mass is 9.94. The van der Waals surface area contributed by atoms with Crippen LogP contribution in [-0.2, 0) is 0 Å². The fraction of sp³-hybridized carbons (Fsp3) is 0. The molecule has 0 unspecified atom stereocenters. The predicted molar refractivity (Wildman–Crippen MR) is 210 cm³/mol. The first kappa shape index (κ1) is 28.8. The average molecular weight is 624 g/mol. The van der Waals surface area contributed by atoms with Crippen LogP contribution >= 0.6 is 0 Å². The van der Waals surface area contributed by atoms with Crippen LogP contribution in [0.1, 0.15) is 0 Å². The molecule has 0 N–H and O–H groups in total. The van der Waals surface area contributed by atoms with Crippen molar-refractivity contribution >= 4 is 49.4 Å². The van der Waals surface area contributed by atoms with Crippen LogP contribution in [0, 0.1) is 0 Å². The van der Waals surface area contributed by atoms with Crippen molar-refractivity contribution in [3.63, 3.8) is 0 Å². The first-order valence-corrected chi connectivity index (χ1v) is 16.8. The van der Waals surface area contributed by atoms with Gasteiger partial charge in [-0.25, -0.2) is 0 Å². The van der Waals surface area contributed by atoms with Gasteiger partial charge in [0.1, 0.15) is 0 Å². The summed E-state index contributed by atoms with van der Waals surface area (Å²) in [6.45, 7) is 0. The molecule has 0 fully saturated rings. The van der Waals surface area contributed by atoms with Crippen molar-refractivity contribution in [3.8, 4) is 33.4 Å². The standard InChI is InChI=1S/C48H33N/c1-3-10-34(11-4-1)39-13-9-14-40(32-39)35-22-27-44(28-23-35)49(43-15-5-2-6-16-43)45-29-24-36(25-30-45)41-26-31-47-42(33-41)21-20-38-19-18-37-12-7-8-17-46(37)48(38)47/h1-33H. The molecule has 9 aromatic rings. The molecule has 0 aromatic heterocycles. The number of rotatable bonds is 6. The lowest BCUT2D eigenvalue weighted by Gasteiger charge is -2.26. The van der Waals surface area contributed by atoms with Crippen molar-refractivity contribution in [1.82, 2.24) is 0 Å². The van der Waals surface area contributed by atoms with Gasteiger partial charge in [0.15, 0.2) is 0 Å². The molecule has 0 radical (unpaired) electrons. The third-order valence-electron chi connectivity index (χ3n) is 9.63. The fourth-order valence-corrected chi connectivity index (χ4v) is 7.15. The molecule has 49 heavy (non-hydrogen) atoms. The van der Waals surface area contributed by atoms with Crippen LogP contribution in [0.2, 0.25) is 0 Å². The van der Waals surface area contributed by atoms with Gasteiger partial charge in [-0.2, -0.15) is 0 Å². The first-order valence-electron chi connectivity index (χ1n) is 16.8. The Morgan fingerprint density at radius 1 is 0.245 bits per heavy atom. The summed E-state index contributed by atoms with van der Waals surface area (Å²) in [4.78, 5) is 2.32. The van der Waals surface area contributed by atoms with E-state index in [2.05, 4.69) is 205 Å². The summed E-state index contributed by atoms with van der Waals surface area (Å²) >= 11 is 0. The highest BCUT2D eigenvalue weighted by atomic mass is 15.1. The van der Waals surface area contributed by atoms with E-state index < -0.39 is 0 Å². The van der Waals surface area contributed by atoms with E-state index in [1.165, 1.54) is 65.7 Å². The fourth-order valence-electron chi connectivity index (χ4n) is 7.15. The summed E-state index contributed by atoms with van der Waals surface area (Å²) in [6, 6.07) is 72.3. The van der Waals surface area contributed by atoms with Crippen molar-refractivity contribution in [3.05, 3.63) is 200 Å². The molecule has 0 aliphatic heterocycles. The van der Waals surface area contributed by atoms with E-state index in [9.17, 15) is 0 Å². The highest BCUT2D eigenvalue weighted by Gasteiger charge is 2.14. The zero-order valence-electron chi connectivity index (χ0n) is 27.0. The highest BCUT2D eigenvalue weighted by molar-refractivity contribution is 6.20. The van der Waals surface area contributed by atoms with Crippen molar-refractivity contribution in [1.29, 1.82) is 0 Å². The van der Waals surface area contributed by atoms with Crippen LogP contribution in [0.3, 0.4) is 0 Å². The van der Waals surface area contributed by atoms with Gasteiger partial charge in [0.05, 0.1) is 0 Å². The Kier molecular flexibility index (Phi) is 7.22. The first-order chi connectivity index (χ1) is 24.3. The molecule has 9 rings (SSSR count). The summed E-state index contributed by atoms with van der Waals surface area (Å²) in [6.07, 6.45) is 0. The van der Waals surface area contributed by atoms with Gasteiger partial charge in [0.2, 0.25) is 0 Å². The molecular formula is C48H33N. The van der Waals surface area contributed by atoms with E-state index in [4.69, 9.17) is 0 Å². The van der Waals surface area contributed by atoms with E-state index >= 15 is 0 Å². The number of nitrogens with zero attached hydrogens (tertiary/aromatic N) is 1. The van der Waals surface area contributed by atoms with Crippen molar-refractivity contribution in [2.24, 2.45) is 0 Å². The van der Waals surface area contributed by atoms with Crippen LogP contribution < -0.4 is 4.90 Å². The van der Waals surface area contributed by atoms with Gasteiger partial charge >= 0.3 is 0 Å². The largest absolute Gasteiger partial charge is 0.311 e. The molecule has 0 atom stereocenters. The van der Waals surface area contributed by atoms with E-state index in [1.807, 2.05) is 0 Å². The minimum absolute atomic E-state index is 1.12. The van der Waals surface area contributed by atoms with Gasteiger partial charge in [0.25, 0.3) is 0 Å². The molecule has 0 bridgehead atoms. The molecule has 0 saturated carbocycles. The zero-order valence-corrected chi connectivity index (χ0v) is 27.0. The third kappa shape index (κ3) is 5.42. The molecule has 0 amide bonds. The molecule has 1 heteroatoms. The van der Waals surface area contributed by atoms with Gasteiger partial charge in [-0.05, 0) is 114 Å². The second-order valence-electron chi connectivity index (χ2n) is 12.6. The monoisotopic (exact) mass is 623 g/mol. The molecule has 0 saturated heterocycles. The molecule has 0 aliphatic rings. The highest BCUT2D eigenvalue weighted by Crippen LogP contribution is 2.38. The minimum Gasteiger partial charge on any atom is -0.311 e. The zero-order chi connectivity index (χ0) is 32.6. The predicted octanol–water partition coefficient (Wildman–Crippen LogP) is 13.6. The Bertz CT molecular complexity index is 2570. The number of para-hydroxylation sites is 1. The molecular weight excluding hydrogens is 591 g/mol. The second-order valence-corrected chi connectivity index (χ2v) is 12.6. The topological polar surface area (TPSA) is 3.24 Å². The number of hydrogen-bond donors (Lipinski definition) is 0. The average Bonchev–Trinajstić information content (AvgIpc) is 3.19. The number of anilines is 3. The van der Waals surface area contributed by atoms with Gasteiger partial charge in [-0.1, -0.05) is 152 Å². The van der Waals surface area contributed by atoms with Crippen LogP contribution in [0.4, 0.5) is 17.1 Å². The van der Waals surface area contributed by atoms with E-state index in [0.29, 0.717) is 0 Å². The molecule has 0 spiro atoms. The van der Waals surface area contributed by atoms with Crippen molar-refractivity contribution < 1.29 is 0 Å². The number of benzene rings is 9. The summed E-state index contributed by atoms with van der Waals surface area (Å²) in [7, 11) is 0. The van der Waals surface area contributed by atoms with Gasteiger partial charge in [-0.3, -0.25) is 0 Å². The maximum atomic E-state index is 2.33. The molecule has 0 heterocycles. The van der Waals surface area contributed by atoms with E-state index in [1.54, 1.807) is 0 Å². The summed E-state index contributed by atoms with van der Waals surface area (Å²) in [5, 5.41) is 7.73. The smallest absolute Gasteiger partial charge is 0.0462 e. The maximum Gasteiger partial charge on any atom is 0.0462 e. The quantitative estimate of drug-likeness (QED) is 0.167. The Hall–Kier alpha value is -6.44. The molecule has 9 aromatic carbocycles. The normalized spacial score (nSPS) is 11.3. The molecule has 0 aliphatic carbocycles. The SMILES string of the molecule is c1ccc(-c2cccc(-c3ccc(N(c4ccccc4)c4ccc(-c5ccc6c(ccc7ccc8ccccc8c76)c5)cc4)cc3)c2)cc1.